The molecule has 0 bridgehead atoms. The summed E-state index contributed by atoms with van der Waals surface area (Å²) in [5, 5.41) is 18.8. The van der Waals surface area contributed by atoms with Gasteiger partial charge in [-0.3, -0.25) is 28.8 Å². The summed E-state index contributed by atoms with van der Waals surface area (Å²) >= 11 is 0. The lowest BCUT2D eigenvalue weighted by molar-refractivity contribution is -0.144. The highest BCUT2D eigenvalue weighted by atomic mass is 16.5. The molecule has 0 saturated carbocycles. The number of hydrogen-bond acceptors (Lipinski definition) is 10. The molecule has 282 valence electrons. The lowest BCUT2D eigenvalue weighted by Gasteiger charge is -2.31. The van der Waals surface area contributed by atoms with Gasteiger partial charge < -0.3 is 46.5 Å². The first-order chi connectivity index (χ1) is 24.0. The number of benzene rings is 1. The van der Waals surface area contributed by atoms with Gasteiger partial charge in [0, 0.05) is 19.4 Å². The average Bonchev–Trinajstić information content (AvgIpc) is 3.51. The van der Waals surface area contributed by atoms with E-state index in [2.05, 4.69) is 21.3 Å². The summed E-state index contributed by atoms with van der Waals surface area (Å²) in [4.78, 5) is 103. The number of alkyl carbamates (subject to hydrolysis) is 1. The highest BCUT2D eigenvalue weighted by Gasteiger charge is 2.44. The van der Waals surface area contributed by atoms with Crippen LogP contribution in [0.5, 0.6) is 0 Å². The fraction of sp³-hybridized carbons (Fsp3) is 0.588. The van der Waals surface area contributed by atoms with Crippen molar-refractivity contribution in [2.75, 3.05) is 26.3 Å². The predicted octanol–water partition coefficient (Wildman–Crippen LogP) is -0.353. The number of aliphatic carboxylic acids is 1. The monoisotopic (exact) mass is 718 g/mol. The number of carboxylic acid groups (broad SMARTS) is 1. The van der Waals surface area contributed by atoms with Gasteiger partial charge >= 0.3 is 12.1 Å². The standard InChI is InChI=1S/C34H50N6O11/c1-6-10-23(29(44)32(47)36-15-26(41)37-24(30(35)45)13-21-11-8-7-9-12-21)38-31(46)25-14-22(50-18-27(42)43)16-40(25)33(48)28(20(4)5)39-34(49)51-17-19(2)3/h7-9,11-12,19-20,22-25,28H,6,10,13-18H2,1-5H3,(H2,35,45)(H,36,47)(H,37,41)(H,38,46)(H,39,49)(H,42,43). The topological polar surface area (TPSA) is 253 Å². The molecule has 51 heavy (non-hydrogen) atoms. The van der Waals surface area contributed by atoms with Crippen LogP contribution in [0, 0.1) is 11.8 Å². The second-order valence-corrected chi connectivity index (χ2v) is 13.0. The summed E-state index contributed by atoms with van der Waals surface area (Å²) < 4.78 is 10.6. The zero-order valence-electron chi connectivity index (χ0n) is 29.6. The zero-order chi connectivity index (χ0) is 38.2. The molecule has 1 aliphatic rings. The molecule has 1 heterocycles. The molecule has 0 aromatic heterocycles. The highest BCUT2D eigenvalue weighted by molar-refractivity contribution is 6.38. The van der Waals surface area contributed by atoms with Gasteiger partial charge in [-0.15, -0.1) is 0 Å². The number of amides is 6. The summed E-state index contributed by atoms with van der Waals surface area (Å²) in [6.45, 7) is 7.34. The van der Waals surface area contributed by atoms with Crippen molar-refractivity contribution in [3.8, 4) is 0 Å². The summed E-state index contributed by atoms with van der Waals surface area (Å²) in [6, 6.07) is 4.01. The average molecular weight is 719 g/mol. The quantitative estimate of drug-likeness (QED) is 0.0950. The molecule has 1 aromatic rings. The summed E-state index contributed by atoms with van der Waals surface area (Å²) in [5.41, 5.74) is 6.17. The Hall–Kier alpha value is -5.06. The number of nitrogens with one attached hydrogen (secondary N) is 4. The molecule has 1 aromatic carbocycles. The molecule has 0 spiro atoms. The Balaban J connectivity index is 2.14. The van der Waals surface area contributed by atoms with E-state index in [-0.39, 0.29) is 38.3 Å². The van der Waals surface area contributed by atoms with Gasteiger partial charge in [-0.1, -0.05) is 71.4 Å². The fourth-order valence-electron chi connectivity index (χ4n) is 5.25. The Bertz CT molecular complexity index is 1400. The van der Waals surface area contributed by atoms with Crippen molar-refractivity contribution >= 4 is 47.4 Å². The second kappa shape index (κ2) is 20.6. The van der Waals surface area contributed by atoms with Crippen molar-refractivity contribution in [3.63, 3.8) is 0 Å². The lowest BCUT2D eigenvalue weighted by Crippen LogP contribution is -2.57. The third kappa shape index (κ3) is 14.0. The first-order valence-corrected chi connectivity index (χ1v) is 16.9. The second-order valence-electron chi connectivity index (χ2n) is 13.0. The molecule has 17 nitrogen and oxygen atoms in total. The van der Waals surface area contributed by atoms with Crippen LogP contribution in [0.25, 0.3) is 0 Å². The number of carboxylic acids is 1. The number of carbonyl (C=O) groups is 8. The summed E-state index contributed by atoms with van der Waals surface area (Å²) in [5.74, 6) is -6.93. The van der Waals surface area contributed by atoms with Crippen molar-refractivity contribution in [2.45, 2.75) is 90.6 Å². The maximum Gasteiger partial charge on any atom is 0.407 e. The number of rotatable bonds is 20. The van der Waals surface area contributed by atoms with Crippen LogP contribution in [0.15, 0.2) is 30.3 Å². The number of primary amides is 1. The van der Waals surface area contributed by atoms with Crippen molar-refractivity contribution in [2.24, 2.45) is 17.6 Å². The minimum absolute atomic E-state index is 0.0302. The summed E-state index contributed by atoms with van der Waals surface area (Å²) in [7, 11) is 0. The minimum atomic E-state index is -1.34. The Labute approximate surface area is 296 Å². The molecule has 0 radical (unpaired) electrons. The van der Waals surface area contributed by atoms with Gasteiger partial charge in [0.2, 0.25) is 29.4 Å². The van der Waals surface area contributed by atoms with Crippen LogP contribution in [0.1, 0.15) is 59.4 Å². The molecule has 7 N–H and O–H groups in total. The molecule has 5 atom stereocenters. The van der Waals surface area contributed by atoms with E-state index in [4.69, 9.17) is 20.3 Å². The van der Waals surface area contributed by atoms with Gasteiger partial charge in [0.15, 0.2) is 0 Å². The number of Topliss-reactive ketones (excluding diaryl/α,β-unsaturated/α-hetero) is 1. The van der Waals surface area contributed by atoms with Gasteiger partial charge in [0.1, 0.15) is 24.7 Å². The molecule has 1 fully saturated rings. The molecule has 0 aliphatic carbocycles. The molecule has 17 heteroatoms. The Morgan fingerprint density at radius 2 is 1.63 bits per heavy atom. The fourth-order valence-corrected chi connectivity index (χ4v) is 5.25. The molecular weight excluding hydrogens is 668 g/mol. The van der Waals surface area contributed by atoms with Gasteiger partial charge in [-0.05, 0) is 23.8 Å². The first-order valence-electron chi connectivity index (χ1n) is 16.9. The van der Waals surface area contributed by atoms with Crippen LogP contribution in [0.4, 0.5) is 4.79 Å². The minimum Gasteiger partial charge on any atom is -0.480 e. The number of hydrogen-bond donors (Lipinski definition) is 6. The number of carbonyl (C=O) groups excluding carboxylic acids is 7. The van der Waals surface area contributed by atoms with Crippen molar-refractivity contribution < 1.29 is 52.9 Å². The first kappa shape index (κ1) is 42.1. The molecule has 5 unspecified atom stereocenters. The molecule has 2 rings (SSSR count). The number of ketones is 1. The van der Waals surface area contributed by atoms with Crippen molar-refractivity contribution in [3.05, 3.63) is 35.9 Å². The lowest BCUT2D eigenvalue weighted by atomic mass is 10.0. The van der Waals surface area contributed by atoms with E-state index in [0.717, 1.165) is 10.5 Å². The van der Waals surface area contributed by atoms with Crippen LogP contribution in [-0.2, 0) is 49.5 Å². The maximum atomic E-state index is 13.8. The van der Waals surface area contributed by atoms with E-state index in [0.29, 0.717) is 6.42 Å². The van der Waals surface area contributed by atoms with E-state index >= 15 is 0 Å². The van der Waals surface area contributed by atoms with Crippen molar-refractivity contribution in [1.29, 1.82) is 0 Å². The van der Waals surface area contributed by atoms with Crippen LogP contribution in [0.3, 0.4) is 0 Å². The predicted molar refractivity (Wildman–Crippen MR) is 182 cm³/mol. The van der Waals surface area contributed by atoms with Crippen molar-refractivity contribution in [1.82, 2.24) is 26.2 Å². The maximum absolute atomic E-state index is 13.8. The van der Waals surface area contributed by atoms with E-state index in [1.807, 2.05) is 13.8 Å². The number of nitrogens with zero attached hydrogens (tertiary/aromatic N) is 1. The Kier molecular flexibility index (Phi) is 17.0. The van der Waals surface area contributed by atoms with Crippen LogP contribution < -0.4 is 27.0 Å². The zero-order valence-corrected chi connectivity index (χ0v) is 29.6. The smallest absolute Gasteiger partial charge is 0.407 e. The molecule has 1 aliphatic heterocycles. The number of nitrogens with two attached hydrogens (primary N) is 1. The number of ether oxygens (including phenoxy) is 2. The summed E-state index contributed by atoms with van der Waals surface area (Å²) in [6.07, 6.45) is -1.32. The van der Waals surface area contributed by atoms with Gasteiger partial charge in [0.05, 0.1) is 25.3 Å². The number of likely N-dealkylation sites (tertiary alicyclic amines) is 1. The van der Waals surface area contributed by atoms with E-state index < -0.39 is 96.7 Å². The third-order valence-corrected chi connectivity index (χ3v) is 7.85. The normalized spacial score (nSPS) is 17.2. The van der Waals surface area contributed by atoms with Crippen LogP contribution in [0.2, 0.25) is 0 Å². The van der Waals surface area contributed by atoms with Crippen LogP contribution >= 0.6 is 0 Å². The van der Waals surface area contributed by atoms with Crippen LogP contribution in [-0.4, -0.2) is 114 Å². The van der Waals surface area contributed by atoms with Gasteiger partial charge in [0.25, 0.3) is 5.91 Å². The van der Waals surface area contributed by atoms with E-state index in [9.17, 15) is 38.4 Å². The van der Waals surface area contributed by atoms with Gasteiger partial charge in [-0.2, -0.15) is 0 Å². The molecular formula is C34H50N6O11. The third-order valence-electron chi connectivity index (χ3n) is 7.85. The molecule has 6 amide bonds. The SMILES string of the molecule is CCCC(NC(=O)C1CC(OCC(=O)O)CN1C(=O)C(NC(=O)OCC(C)C)C(C)C)C(=O)C(=O)NCC(=O)NC(Cc1ccccc1)C(N)=O. The Morgan fingerprint density at radius 3 is 2.20 bits per heavy atom. The largest absolute Gasteiger partial charge is 0.480 e. The van der Waals surface area contributed by atoms with E-state index in [1.165, 1.54) is 0 Å². The molecule has 1 saturated heterocycles. The highest BCUT2D eigenvalue weighted by Crippen LogP contribution is 2.24. The Morgan fingerprint density at radius 1 is 0.961 bits per heavy atom. The van der Waals surface area contributed by atoms with Gasteiger partial charge in [-0.25, -0.2) is 9.59 Å². The van der Waals surface area contributed by atoms with E-state index in [1.54, 1.807) is 51.1 Å².